The van der Waals surface area contributed by atoms with Crippen LogP contribution in [-0.4, -0.2) is 24.9 Å². The molecule has 0 aromatic heterocycles. The smallest absolute Gasteiger partial charge is 0.182 e. The van der Waals surface area contributed by atoms with E-state index in [4.69, 9.17) is 0 Å². The third-order valence-corrected chi connectivity index (χ3v) is 12.0. The lowest BCUT2D eigenvalue weighted by Crippen LogP contribution is -2.51. The maximum atomic E-state index is 13.1. The Labute approximate surface area is 238 Å². The predicted molar refractivity (Wildman–Crippen MR) is 157 cm³/mol. The molecule has 0 aliphatic heterocycles. The van der Waals surface area contributed by atoms with Gasteiger partial charge >= 0.3 is 0 Å². The summed E-state index contributed by atoms with van der Waals surface area (Å²) in [5, 5.41) is 11.9. The van der Waals surface area contributed by atoms with Crippen molar-refractivity contribution in [1.82, 2.24) is 0 Å². The monoisotopic (exact) mass is 554 g/mol. The van der Waals surface area contributed by atoms with E-state index < -0.39 is 15.4 Å². The van der Waals surface area contributed by atoms with Crippen LogP contribution in [0.1, 0.15) is 81.4 Å². The van der Waals surface area contributed by atoms with Gasteiger partial charge in [0.2, 0.25) is 0 Å². The third kappa shape index (κ3) is 4.41. The zero-order valence-corrected chi connectivity index (χ0v) is 24.5. The highest BCUT2D eigenvalue weighted by atomic mass is 32.2. The van der Waals surface area contributed by atoms with Gasteiger partial charge in [-0.3, -0.25) is 4.79 Å². The number of aryl methyl sites for hydroxylation is 1. The van der Waals surface area contributed by atoms with Crippen LogP contribution in [0.4, 0.5) is 0 Å². The highest BCUT2D eigenvalue weighted by Crippen LogP contribution is 2.66. The van der Waals surface area contributed by atoms with Crippen LogP contribution in [0.5, 0.6) is 0 Å². The Hall–Kier alpha value is -2.94. The number of allylic oxidation sites excluding steroid dienone is 4. The van der Waals surface area contributed by atoms with Crippen molar-refractivity contribution in [1.29, 1.82) is 0 Å². The highest BCUT2D eigenvalue weighted by molar-refractivity contribution is 7.90. The van der Waals surface area contributed by atoms with Gasteiger partial charge < -0.3 is 5.11 Å². The lowest BCUT2D eigenvalue weighted by Gasteiger charge is -2.53. The van der Waals surface area contributed by atoms with Crippen LogP contribution in [-0.2, 0) is 20.4 Å². The van der Waals surface area contributed by atoms with Crippen LogP contribution in [0.2, 0.25) is 0 Å². The van der Waals surface area contributed by atoms with E-state index in [1.807, 2.05) is 44.2 Å². The fraction of sp³-hybridized carbons (Fsp3) is 0.457. The molecule has 2 aromatic rings. The molecule has 208 valence electrons. The van der Waals surface area contributed by atoms with Gasteiger partial charge in [0.1, 0.15) is 5.60 Å². The minimum atomic E-state index is -3.45. The summed E-state index contributed by atoms with van der Waals surface area (Å²) >= 11 is 0. The molecule has 0 heterocycles. The van der Waals surface area contributed by atoms with E-state index in [1.54, 1.807) is 12.1 Å². The summed E-state index contributed by atoms with van der Waals surface area (Å²) in [4.78, 5) is 12.6. The number of carbonyl (C=O) groups excluding carboxylic acids is 1. The lowest BCUT2D eigenvalue weighted by atomic mass is 9.51. The van der Waals surface area contributed by atoms with Crippen molar-refractivity contribution in [3.05, 3.63) is 88.0 Å². The van der Waals surface area contributed by atoms with Gasteiger partial charge in [-0.2, -0.15) is 0 Å². The second kappa shape index (κ2) is 9.86. The van der Waals surface area contributed by atoms with Gasteiger partial charge in [0.15, 0.2) is 15.6 Å². The molecular formula is C35H38O4S. The van der Waals surface area contributed by atoms with Crippen molar-refractivity contribution in [3.63, 3.8) is 0 Å². The van der Waals surface area contributed by atoms with Crippen LogP contribution in [0, 0.1) is 36.0 Å². The van der Waals surface area contributed by atoms with Gasteiger partial charge in [-0.1, -0.05) is 60.4 Å². The van der Waals surface area contributed by atoms with Crippen molar-refractivity contribution in [2.45, 2.75) is 87.9 Å². The minimum Gasteiger partial charge on any atom is -0.377 e. The van der Waals surface area contributed by atoms with Crippen LogP contribution in [0.3, 0.4) is 0 Å². The van der Waals surface area contributed by atoms with Gasteiger partial charge in [0.25, 0.3) is 0 Å². The first-order chi connectivity index (χ1) is 19.0. The summed E-state index contributed by atoms with van der Waals surface area (Å²) in [6, 6.07) is 15.1. The number of ketones is 1. The van der Waals surface area contributed by atoms with E-state index in [9.17, 15) is 18.3 Å². The molecule has 0 saturated heterocycles. The molecule has 0 amide bonds. The first-order valence-corrected chi connectivity index (χ1v) is 16.2. The standard InChI is InChI=1S/C35H38O4S/c1-4-18-35(37)19-17-32-30-15-11-26-20-27(36)12-16-29(26)33(30)31(21-34(32,35)3)25-9-7-24(8-10-25)22-40(38,39)28-13-5-23(2)6-14-28/h5-10,13-14,20,30-32,37H,11-12,15-17,19,21-22H2,1-3H3/t30-,31+,32-,34-,35-/m0/s1. The number of sulfone groups is 1. The molecule has 0 radical (unpaired) electrons. The quantitative estimate of drug-likeness (QED) is 0.431. The van der Waals surface area contributed by atoms with Gasteiger partial charge in [0.05, 0.1) is 10.6 Å². The first kappa shape index (κ1) is 27.2. The Kier molecular flexibility index (Phi) is 6.71. The molecule has 4 aliphatic carbocycles. The summed E-state index contributed by atoms with van der Waals surface area (Å²) in [5.74, 6) is 7.22. The van der Waals surface area contributed by atoms with E-state index in [0.29, 0.717) is 29.6 Å². The Balaban J connectivity index is 1.39. The molecule has 2 fully saturated rings. The Bertz CT molecular complexity index is 1580. The predicted octanol–water partition coefficient (Wildman–Crippen LogP) is 6.62. The Morgan fingerprint density at radius 1 is 1.00 bits per heavy atom. The molecule has 5 atom stereocenters. The lowest BCUT2D eigenvalue weighted by molar-refractivity contribution is -0.114. The van der Waals surface area contributed by atoms with Gasteiger partial charge in [-0.15, -0.1) is 5.92 Å². The van der Waals surface area contributed by atoms with Crippen LogP contribution in [0.25, 0.3) is 0 Å². The zero-order valence-electron chi connectivity index (χ0n) is 23.7. The number of aliphatic hydroxyl groups is 1. The number of fused-ring (bicyclic) bond motifs is 4. The van der Waals surface area contributed by atoms with Crippen LogP contribution >= 0.6 is 0 Å². The normalized spacial score (nSPS) is 31.4. The zero-order chi connectivity index (χ0) is 28.3. The molecule has 5 heteroatoms. The SMILES string of the molecule is CC#C[C@]1(O)CC[C@H]2[C@@H]3CCC4=CC(=O)CCC4=C3[C@@H](c3ccc(CS(=O)(=O)c4ccc(C)cc4)cc3)C[C@@]21C. The summed E-state index contributed by atoms with van der Waals surface area (Å²) < 4.78 is 26.2. The van der Waals surface area contributed by atoms with Crippen molar-refractivity contribution in [2.24, 2.45) is 17.3 Å². The van der Waals surface area contributed by atoms with Crippen molar-refractivity contribution in [2.75, 3.05) is 0 Å². The summed E-state index contributed by atoms with van der Waals surface area (Å²) in [6.07, 6.45) is 7.59. The molecule has 40 heavy (non-hydrogen) atoms. The first-order valence-electron chi connectivity index (χ1n) is 14.6. The average molecular weight is 555 g/mol. The number of benzene rings is 2. The third-order valence-electron chi connectivity index (χ3n) is 10.3. The second-order valence-electron chi connectivity index (χ2n) is 12.6. The van der Waals surface area contributed by atoms with E-state index >= 15 is 0 Å². The molecule has 0 bridgehead atoms. The number of rotatable bonds is 4. The molecule has 6 rings (SSSR count). The van der Waals surface area contributed by atoms with Gasteiger partial charge in [-0.05, 0) is 105 Å². The maximum Gasteiger partial charge on any atom is 0.182 e. The fourth-order valence-electron chi connectivity index (χ4n) is 8.27. The molecule has 0 spiro atoms. The van der Waals surface area contributed by atoms with E-state index in [2.05, 4.69) is 30.9 Å². The summed E-state index contributed by atoms with van der Waals surface area (Å²) in [7, 11) is -3.45. The van der Waals surface area contributed by atoms with Gasteiger partial charge in [-0.25, -0.2) is 8.42 Å². The summed E-state index contributed by atoms with van der Waals surface area (Å²) in [5.41, 5.74) is 5.63. The Morgan fingerprint density at radius 3 is 2.42 bits per heavy atom. The van der Waals surface area contributed by atoms with E-state index in [-0.39, 0.29) is 22.9 Å². The van der Waals surface area contributed by atoms with Gasteiger partial charge in [0, 0.05) is 17.8 Å². The maximum absolute atomic E-state index is 13.1. The average Bonchev–Trinajstić information content (AvgIpc) is 3.18. The van der Waals surface area contributed by atoms with Crippen molar-refractivity contribution < 1.29 is 18.3 Å². The minimum absolute atomic E-state index is 0.0434. The van der Waals surface area contributed by atoms with Crippen molar-refractivity contribution >= 4 is 15.6 Å². The largest absolute Gasteiger partial charge is 0.377 e. The second-order valence-corrected chi connectivity index (χ2v) is 14.6. The fourth-order valence-corrected chi connectivity index (χ4v) is 9.62. The topological polar surface area (TPSA) is 71.4 Å². The van der Waals surface area contributed by atoms with Crippen LogP contribution in [0.15, 0.2) is 76.2 Å². The van der Waals surface area contributed by atoms with E-state index in [1.165, 1.54) is 16.7 Å². The Morgan fingerprint density at radius 2 is 1.73 bits per heavy atom. The molecule has 1 N–H and O–H groups in total. The molecule has 2 saturated carbocycles. The number of hydrogen-bond acceptors (Lipinski definition) is 4. The molecule has 4 aliphatic rings. The molecule has 4 nitrogen and oxygen atoms in total. The number of hydrogen-bond donors (Lipinski definition) is 1. The van der Waals surface area contributed by atoms with Crippen LogP contribution < -0.4 is 0 Å². The van der Waals surface area contributed by atoms with E-state index in [0.717, 1.165) is 48.8 Å². The summed E-state index contributed by atoms with van der Waals surface area (Å²) in [6.45, 7) is 5.99. The highest BCUT2D eigenvalue weighted by Gasteiger charge is 2.62. The molecule has 2 aromatic carbocycles. The molecule has 0 unspecified atom stereocenters. The molecular weight excluding hydrogens is 516 g/mol. The number of carbonyl (C=O) groups is 1. The van der Waals surface area contributed by atoms with Crippen molar-refractivity contribution in [3.8, 4) is 11.8 Å².